The lowest BCUT2D eigenvalue weighted by Crippen LogP contribution is -2.39. The van der Waals surface area contributed by atoms with Crippen molar-refractivity contribution in [3.63, 3.8) is 0 Å². The van der Waals surface area contributed by atoms with E-state index in [2.05, 4.69) is 5.32 Å². The monoisotopic (exact) mass is 335 g/mol. The molecule has 0 radical (unpaired) electrons. The van der Waals surface area contributed by atoms with Crippen LogP contribution in [0.25, 0.3) is 0 Å². The highest BCUT2D eigenvalue weighted by molar-refractivity contribution is 5.92. The second-order valence-electron chi connectivity index (χ2n) is 5.76. The van der Waals surface area contributed by atoms with Gasteiger partial charge in [-0.25, -0.2) is 9.18 Å². The molecule has 7 heteroatoms. The van der Waals surface area contributed by atoms with Crippen LogP contribution in [0.1, 0.15) is 19.3 Å². The number of halogens is 1. The largest absolute Gasteiger partial charge is 0.371 e. The molecule has 1 heterocycles. The number of carbonyl (C=O) groups excluding carboxylic acids is 3. The van der Waals surface area contributed by atoms with Crippen LogP contribution in [0.4, 0.5) is 20.6 Å². The van der Waals surface area contributed by atoms with Gasteiger partial charge in [0.05, 0.1) is 5.69 Å². The van der Waals surface area contributed by atoms with Crippen LogP contribution >= 0.6 is 0 Å². The highest BCUT2D eigenvalue weighted by Gasteiger charge is 2.22. The van der Waals surface area contributed by atoms with Gasteiger partial charge in [-0.2, -0.15) is 0 Å². The molecule has 2 amide bonds. The summed E-state index contributed by atoms with van der Waals surface area (Å²) in [4.78, 5) is 36.5. The molecular weight excluding hydrogens is 313 g/mol. The van der Waals surface area contributed by atoms with Gasteiger partial charge in [-0.1, -0.05) is 0 Å². The molecule has 0 aliphatic carbocycles. The lowest BCUT2D eigenvalue weighted by Gasteiger charge is -2.32. The van der Waals surface area contributed by atoms with Crippen LogP contribution in [0.5, 0.6) is 0 Å². The van der Waals surface area contributed by atoms with Crippen molar-refractivity contribution in [1.82, 2.24) is 5.32 Å². The summed E-state index contributed by atoms with van der Waals surface area (Å²) in [6.45, 7) is 1.52. The van der Waals surface area contributed by atoms with Crippen LogP contribution < -0.4 is 15.1 Å². The molecule has 0 unspecified atom stereocenters. The summed E-state index contributed by atoms with van der Waals surface area (Å²) in [6, 6.07) is 4.25. The Labute approximate surface area is 140 Å². The molecule has 1 saturated heterocycles. The zero-order valence-electron chi connectivity index (χ0n) is 13.7. The summed E-state index contributed by atoms with van der Waals surface area (Å²) in [5.41, 5.74) is 0.871. The van der Waals surface area contributed by atoms with Crippen LogP contribution in [0, 0.1) is 11.7 Å². The molecule has 1 aromatic carbocycles. The summed E-state index contributed by atoms with van der Waals surface area (Å²) in [5, 5.41) is 2.45. The first-order valence-electron chi connectivity index (χ1n) is 8.03. The Morgan fingerprint density at radius 3 is 2.62 bits per heavy atom. The van der Waals surface area contributed by atoms with E-state index in [1.807, 2.05) is 4.90 Å². The fraction of sp³-hybridized carbons (Fsp3) is 0.471. The number of nitrogens with zero attached hydrogens (tertiary/aromatic N) is 2. The Morgan fingerprint density at radius 1 is 1.38 bits per heavy atom. The van der Waals surface area contributed by atoms with E-state index in [1.54, 1.807) is 12.1 Å². The Bertz CT molecular complexity index is 601. The van der Waals surface area contributed by atoms with Gasteiger partial charge in [0.1, 0.15) is 18.4 Å². The molecule has 1 aliphatic heterocycles. The predicted molar refractivity (Wildman–Crippen MR) is 89.9 cm³/mol. The van der Waals surface area contributed by atoms with Crippen LogP contribution in [0.3, 0.4) is 0 Å². The second kappa shape index (κ2) is 8.42. The molecule has 0 bridgehead atoms. The van der Waals surface area contributed by atoms with E-state index in [-0.39, 0.29) is 24.6 Å². The number of hydrogen-bond acceptors (Lipinski definition) is 4. The Kier molecular flexibility index (Phi) is 6.28. The number of carbonyl (C=O) groups is 3. The van der Waals surface area contributed by atoms with Crippen molar-refractivity contribution < 1.29 is 18.8 Å². The minimum atomic E-state index is -0.514. The normalized spacial score (nSPS) is 15.0. The molecule has 1 aromatic rings. The lowest BCUT2D eigenvalue weighted by molar-refractivity contribution is -0.111. The number of aldehydes is 2. The fourth-order valence-electron chi connectivity index (χ4n) is 2.85. The van der Waals surface area contributed by atoms with Crippen molar-refractivity contribution >= 4 is 30.0 Å². The van der Waals surface area contributed by atoms with Crippen molar-refractivity contribution in [2.45, 2.75) is 19.3 Å². The van der Waals surface area contributed by atoms with Crippen molar-refractivity contribution in [3.05, 3.63) is 24.0 Å². The molecule has 6 nitrogen and oxygen atoms in total. The average molecular weight is 335 g/mol. The topological polar surface area (TPSA) is 69.7 Å². The number of benzene rings is 1. The van der Waals surface area contributed by atoms with E-state index in [0.29, 0.717) is 19.4 Å². The van der Waals surface area contributed by atoms with Crippen molar-refractivity contribution in [2.24, 2.45) is 5.92 Å². The zero-order chi connectivity index (χ0) is 17.5. The molecule has 0 atom stereocenters. The molecule has 0 saturated carbocycles. The molecule has 1 fully saturated rings. The maximum Gasteiger partial charge on any atom is 0.321 e. The first-order chi connectivity index (χ1) is 11.6. The summed E-state index contributed by atoms with van der Waals surface area (Å²) >= 11 is 0. The van der Waals surface area contributed by atoms with E-state index < -0.39 is 11.8 Å². The van der Waals surface area contributed by atoms with Gasteiger partial charge in [-0.15, -0.1) is 0 Å². The van der Waals surface area contributed by atoms with Crippen LogP contribution in [0.15, 0.2) is 18.2 Å². The maximum absolute atomic E-state index is 14.5. The third-order valence-corrected chi connectivity index (χ3v) is 4.25. The number of rotatable bonds is 6. The average Bonchev–Trinajstić information content (AvgIpc) is 2.62. The third kappa shape index (κ3) is 4.10. The summed E-state index contributed by atoms with van der Waals surface area (Å²) in [6.07, 6.45) is 3.33. The maximum atomic E-state index is 14.5. The quantitative estimate of drug-likeness (QED) is 0.807. The number of piperidine rings is 1. The van der Waals surface area contributed by atoms with Crippen molar-refractivity contribution in [3.8, 4) is 0 Å². The van der Waals surface area contributed by atoms with E-state index in [1.165, 1.54) is 18.0 Å². The third-order valence-electron chi connectivity index (χ3n) is 4.25. The highest BCUT2D eigenvalue weighted by atomic mass is 19.1. The predicted octanol–water partition coefficient (Wildman–Crippen LogP) is 1.98. The SMILES string of the molecule is CNC(=O)N(CCC=O)c1ccc(N2CCC(C=O)CC2)cc1F. The number of hydrogen-bond donors (Lipinski definition) is 1. The summed E-state index contributed by atoms with van der Waals surface area (Å²) in [5.74, 6) is -0.433. The molecule has 0 spiro atoms. The molecular formula is C17H22FN3O3. The Balaban J connectivity index is 2.17. The Morgan fingerprint density at radius 2 is 2.08 bits per heavy atom. The lowest BCUT2D eigenvalue weighted by atomic mass is 9.98. The number of amides is 2. The first-order valence-corrected chi connectivity index (χ1v) is 8.03. The van der Waals surface area contributed by atoms with E-state index in [0.717, 1.165) is 24.8 Å². The van der Waals surface area contributed by atoms with Crippen LogP contribution in [0.2, 0.25) is 0 Å². The van der Waals surface area contributed by atoms with E-state index in [4.69, 9.17) is 0 Å². The number of nitrogens with one attached hydrogen (secondary N) is 1. The van der Waals surface area contributed by atoms with Gasteiger partial charge in [0.2, 0.25) is 0 Å². The molecule has 0 aromatic heterocycles. The number of anilines is 2. The molecule has 24 heavy (non-hydrogen) atoms. The fourth-order valence-corrected chi connectivity index (χ4v) is 2.85. The van der Waals surface area contributed by atoms with Gasteiger partial charge in [-0.05, 0) is 31.0 Å². The van der Waals surface area contributed by atoms with Crippen LogP contribution in [-0.2, 0) is 9.59 Å². The molecule has 1 N–H and O–H groups in total. The Hall–Kier alpha value is -2.44. The van der Waals surface area contributed by atoms with Crippen molar-refractivity contribution in [1.29, 1.82) is 0 Å². The van der Waals surface area contributed by atoms with Gasteiger partial charge in [-0.3, -0.25) is 4.90 Å². The molecule has 130 valence electrons. The van der Waals surface area contributed by atoms with Gasteiger partial charge >= 0.3 is 6.03 Å². The van der Waals surface area contributed by atoms with Gasteiger partial charge in [0.25, 0.3) is 0 Å². The smallest absolute Gasteiger partial charge is 0.321 e. The molecule has 2 rings (SSSR count). The minimum Gasteiger partial charge on any atom is -0.371 e. The summed E-state index contributed by atoms with van der Waals surface area (Å²) in [7, 11) is 1.46. The second-order valence-corrected chi connectivity index (χ2v) is 5.76. The summed E-state index contributed by atoms with van der Waals surface area (Å²) < 4.78 is 14.5. The standard InChI is InChI=1S/C17H22FN3O3/c1-19-17(24)21(7-2-10-22)16-4-3-14(11-15(16)18)20-8-5-13(12-23)6-9-20/h3-4,10-13H,2,5-9H2,1H3,(H,19,24). The van der Waals surface area contributed by atoms with E-state index in [9.17, 15) is 18.8 Å². The van der Waals surface area contributed by atoms with Gasteiger partial charge < -0.3 is 19.8 Å². The van der Waals surface area contributed by atoms with E-state index >= 15 is 0 Å². The highest BCUT2D eigenvalue weighted by Crippen LogP contribution is 2.28. The minimum absolute atomic E-state index is 0.0810. The first kappa shape index (κ1) is 17.9. The van der Waals surface area contributed by atoms with Gasteiger partial charge in [0, 0.05) is 44.7 Å². The van der Waals surface area contributed by atoms with Crippen LogP contribution in [-0.4, -0.2) is 45.3 Å². The van der Waals surface area contributed by atoms with Crippen molar-refractivity contribution in [2.75, 3.05) is 36.5 Å². The molecule has 1 aliphatic rings. The number of urea groups is 1. The van der Waals surface area contributed by atoms with Gasteiger partial charge in [0.15, 0.2) is 0 Å². The zero-order valence-corrected chi connectivity index (χ0v) is 13.7.